The van der Waals surface area contributed by atoms with Crippen LogP contribution in [0, 0.1) is 5.92 Å². The van der Waals surface area contributed by atoms with E-state index in [0.717, 1.165) is 24.8 Å². The molecule has 5 atom stereocenters. The third-order valence-corrected chi connectivity index (χ3v) is 5.36. The summed E-state index contributed by atoms with van der Waals surface area (Å²) in [5, 5.41) is 0. The Kier molecular flexibility index (Phi) is 4.90. The van der Waals surface area contributed by atoms with E-state index in [4.69, 9.17) is 9.47 Å². The molecule has 0 unspecified atom stereocenters. The van der Waals surface area contributed by atoms with Crippen molar-refractivity contribution in [2.24, 2.45) is 5.92 Å². The third-order valence-electron chi connectivity index (χ3n) is 5.36. The summed E-state index contributed by atoms with van der Waals surface area (Å²) in [6, 6.07) is 10.4. The number of carbonyl (C=O) groups is 2. The number of piperidine rings is 1. The Labute approximate surface area is 142 Å². The minimum Gasteiger partial charge on any atom is -0.462 e. The highest BCUT2D eigenvalue weighted by Crippen LogP contribution is 2.46. The van der Waals surface area contributed by atoms with Crippen LogP contribution in [-0.2, 0) is 19.1 Å². The smallest absolute Gasteiger partial charge is 0.303 e. The molecule has 2 saturated heterocycles. The molecule has 1 aromatic rings. The van der Waals surface area contributed by atoms with Crippen LogP contribution in [0.3, 0.4) is 0 Å². The van der Waals surface area contributed by atoms with Crippen LogP contribution in [-0.4, -0.2) is 42.1 Å². The second-order valence-corrected chi connectivity index (χ2v) is 6.87. The first kappa shape index (κ1) is 17.0. The van der Waals surface area contributed by atoms with Gasteiger partial charge in [-0.25, -0.2) is 0 Å². The van der Waals surface area contributed by atoms with E-state index in [9.17, 15) is 9.59 Å². The first-order chi connectivity index (χ1) is 11.5. The highest BCUT2D eigenvalue weighted by Gasteiger charge is 2.51. The van der Waals surface area contributed by atoms with Crippen molar-refractivity contribution in [3.63, 3.8) is 0 Å². The van der Waals surface area contributed by atoms with Crippen molar-refractivity contribution < 1.29 is 19.1 Å². The summed E-state index contributed by atoms with van der Waals surface area (Å²) in [6.07, 6.45) is 2.30. The van der Waals surface area contributed by atoms with Crippen LogP contribution < -0.4 is 0 Å². The Morgan fingerprint density at radius 2 is 1.83 bits per heavy atom. The average Bonchev–Trinajstić information content (AvgIpc) is 2.77. The van der Waals surface area contributed by atoms with Crippen LogP contribution in [0.15, 0.2) is 30.3 Å². The first-order valence-electron chi connectivity index (χ1n) is 8.58. The number of ether oxygens (including phenoxy) is 2. The van der Waals surface area contributed by atoms with E-state index in [1.807, 2.05) is 30.3 Å². The van der Waals surface area contributed by atoms with E-state index in [0.29, 0.717) is 6.04 Å². The number of fused-ring (bicyclic) bond motifs is 2. The SMILES string of the molecule is CC(=O)O[C@H]1C[C@@H]2CC[C@H]([C@@H]1[C@@H](OC(C)=O)c1ccccc1)N2C. The molecule has 0 aromatic heterocycles. The van der Waals surface area contributed by atoms with Crippen molar-refractivity contribution in [2.45, 2.75) is 57.4 Å². The third kappa shape index (κ3) is 3.31. The summed E-state index contributed by atoms with van der Waals surface area (Å²) < 4.78 is 11.4. The summed E-state index contributed by atoms with van der Waals surface area (Å²) in [4.78, 5) is 25.7. The lowest BCUT2D eigenvalue weighted by Gasteiger charge is -2.45. The molecule has 2 bridgehead atoms. The molecule has 0 aliphatic carbocycles. The molecular formula is C19H25NO4. The summed E-state index contributed by atoms with van der Waals surface area (Å²) in [5.74, 6) is -0.638. The Balaban J connectivity index is 1.97. The minimum absolute atomic E-state index is 0.0519. The monoisotopic (exact) mass is 331 g/mol. The fraction of sp³-hybridized carbons (Fsp3) is 0.579. The van der Waals surface area contributed by atoms with Gasteiger partial charge in [0.2, 0.25) is 0 Å². The molecular weight excluding hydrogens is 306 g/mol. The maximum Gasteiger partial charge on any atom is 0.303 e. The van der Waals surface area contributed by atoms with Crippen LogP contribution in [0.2, 0.25) is 0 Å². The Bertz CT molecular complexity index is 603. The molecule has 2 heterocycles. The Morgan fingerprint density at radius 1 is 1.12 bits per heavy atom. The van der Waals surface area contributed by atoms with Gasteiger partial charge in [0.15, 0.2) is 0 Å². The topological polar surface area (TPSA) is 55.8 Å². The molecule has 2 aliphatic heterocycles. The number of hydrogen-bond donors (Lipinski definition) is 0. The number of carbonyl (C=O) groups excluding carboxylic acids is 2. The maximum atomic E-state index is 11.7. The number of rotatable bonds is 4. The van der Waals surface area contributed by atoms with Crippen LogP contribution in [0.1, 0.15) is 44.8 Å². The van der Waals surface area contributed by atoms with Gasteiger partial charge in [-0.05, 0) is 25.5 Å². The highest BCUT2D eigenvalue weighted by molar-refractivity contribution is 5.67. The molecule has 5 nitrogen and oxygen atoms in total. The van der Waals surface area contributed by atoms with Gasteiger partial charge in [-0.15, -0.1) is 0 Å². The molecule has 0 N–H and O–H groups in total. The highest BCUT2D eigenvalue weighted by atomic mass is 16.6. The van der Waals surface area contributed by atoms with Crippen molar-refractivity contribution >= 4 is 11.9 Å². The predicted molar refractivity (Wildman–Crippen MR) is 89.2 cm³/mol. The van der Waals surface area contributed by atoms with Gasteiger partial charge in [-0.3, -0.25) is 14.5 Å². The lowest BCUT2D eigenvalue weighted by Crippen LogP contribution is -2.52. The normalized spacial score (nSPS) is 30.6. The second kappa shape index (κ2) is 6.93. The number of esters is 2. The second-order valence-electron chi connectivity index (χ2n) is 6.87. The molecule has 0 spiro atoms. The van der Waals surface area contributed by atoms with Crippen LogP contribution in [0.4, 0.5) is 0 Å². The van der Waals surface area contributed by atoms with Gasteiger partial charge in [0.05, 0.1) is 5.92 Å². The molecule has 1 aromatic carbocycles. The number of hydrogen-bond acceptors (Lipinski definition) is 5. The molecule has 2 aliphatic rings. The van der Waals surface area contributed by atoms with E-state index >= 15 is 0 Å². The van der Waals surface area contributed by atoms with E-state index in [1.54, 1.807) is 0 Å². The van der Waals surface area contributed by atoms with Gasteiger partial charge in [0.1, 0.15) is 12.2 Å². The van der Waals surface area contributed by atoms with E-state index < -0.39 is 6.10 Å². The molecule has 0 amide bonds. The van der Waals surface area contributed by atoms with Crippen LogP contribution in [0.25, 0.3) is 0 Å². The minimum atomic E-state index is -0.403. The van der Waals surface area contributed by atoms with E-state index in [2.05, 4.69) is 11.9 Å². The molecule has 2 fully saturated rings. The molecule has 0 saturated carbocycles. The van der Waals surface area contributed by atoms with Crippen molar-refractivity contribution in [3.8, 4) is 0 Å². The Hall–Kier alpha value is -1.88. The molecule has 130 valence electrons. The zero-order chi connectivity index (χ0) is 17.3. The van der Waals surface area contributed by atoms with Crippen molar-refractivity contribution in [1.29, 1.82) is 0 Å². The van der Waals surface area contributed by atoms with Crippen LogP contribution in [0.5, 0.6) is 0 Å². The van der Waals surface area contributed by atoms with E-state index in [-0.39, 0.29) is 30.0 Å². The average molecular weight is 331 g/mol. The number of benzene rings is 1. The van der Waals surface area contributed by atoms with Crippen molar-refractivity contribution in [3.05, 3.63) is 35.9 Å². The molecule has 24 heavy (non-hydrogen) atoms. The van der Waals surface area contributed by atoms with Gasteiger partial charge in [-0.1, -0.05) is 30.3 Å². The fourth-order valence-corrected chi connectivity index (χ4v) is 4.39. The standard InChI is InChI=1S/C19H25NO4/c1-12(21)23-17-11-15-9-10-16(20(15)3)18(17)19(24-13(2)22)14-7-5-4-6-8-14/h4-8,15-19H,9-11H2,1-3H3/t15-,16+,17-,18-,19-/m0/s1. The van der Waals surface area contributed by atoms with E-state index in [1.165, 1.54) is 13.8 Å². The molecule has 5 heteroatoms. The summed E-state index contributed by atoms with van der Waals surface area (Å²) in [5.41, 5.74) is 0.952. The van der Waals surface area contributed by atoms with Crippen molar-refractivity contribution in [2.75, 3.05) is 7.05 Å². The maximum absolute atomic E-state index is 11.7. The van der Waals surface area contributed by atoms with Gasteiger partial charge in [-0.2, -0.15) is 0 Å². The first-order valence-corrected chi connectivity index (χ1v) is 8.58. The van der Waals surface area contributed by atoms with Gasteiger partial charge in [0, 0.05) is 32.4 Å². The fourth-order valence-electron chi connectivity index (χ4n) is 4.39. The predicted octanol–water partition coefficient (Wildman–Crippen LogP) is 2.71. The summed E-state index contributed by atoms with van der Waals surface area (Å²) >= 11 is 0. The largest absolute Gasteiger partial charge is 0.462 e. The van der Waals surface area contributed by atoms with Crippen molar-refractivity contribution in [1.82, 2.24) is 4.90 Å². The van der Waals surface area contributed by atoms with Crippen LogP contribution >= 0.6 is 0 Å². The molecule has 3 rings (SSSR count). The molecule has 0 radical (unpaired) electrons. The summed E-state index contributed by atoms with van der Waals surface area (Å²) in [6.45, 7) is 2.88. The lowest BCUT2D eigenvalue weighted by atomic mass is 9.80. The lowest BCUT2D eigenvalue weighted by molar-refractivity contribution is -0.169. The zero-order valence-electron chi connectivity index (χ0n) is 14.5. The quantitative estimate of drug-likeness (QED) is 0.794. The van der Waals surface area contributed by atoms with Gasteiger partial charge >= 0.3 is 11.9 Å². The Morgan fingerprint density at radius 3 is 2.46 bits per heavy atom. The van der Waals surface area contributed by atoms with Gasteiger partial charge < -0.3 is 9.47 Å². The zero-order valence-corrected chi connectivity index (χ0v) is 14.5. The van der Waals surface area contributed by atoms with Gasteiger partial charge in [0.25, 0.3) is 0 Å². The number of nitrogens with zero attached hydrogens (tertiary/aromatic N) is 1. The summed E-state index contributed by atoms with van der Waals surface area (Å²) in [7, 11) is 2.12.